The van der Waals surface area contributed by atoms with Gasteiger partial charge in [0.25, 0.3) is 5.60 Å². The van der Waals surface area contributed by atoms with E-state index in [1.165, 1.54) is 24.3 Å². The predicted octanol–water partition coefficient (Wildman–Crippen LogP) is 3.87. The van der Waals surface area contributed by atoms with E-state index in [1.807, 2.05) is 0 Å². The molecule has 0 heterocycles. The minimum Gasteiger partial charge on any atom is -0.369 e. The summed E-state index contributed by atoms with van der Waals surface area (Å²) >= 11 is 0. The average Bonchev–Trinajstić information content (AvgIpc) is 3.56. The molecule has 0 spiro atoms. The van der Waals surface area contributed by atoms with Crippen LogP contribution in [0.25, 0.3) is 0 Å². The molecular formula is C21H20F6N2O4S. The van der Waals surface area contributed by atoms with E-state index in [-0.39, 0.29) is 17.0 Å². The lowest BCUT2D eigenvalue weighted by Gasteiger charge is -2.32. The van der Waals surface area contributed by atoms with Crippen molar-refractivity contribution in [2.45, 2.75) is 42.1 Å². The molecule has 3 rings (SSSR count). The van der Waals surface area contributed by atoms with Crippen LogP contribution in [0.2, 0.25) is 0 Å². The Kier molecular flexibility index (Phi) is 7.02. The Bertz CT molecular complexity index is 1110. The highest BCUT2D eigenvalue weighted by Crippen LogP contribution is 2.50. The van der Waals surface area contributed by atoms with Crippen LogP contribution >= 0.6 is 0 Å². The van der Waals surface area contributed by atoms with Crippen LogP contribution in [0, 0.1) is 5.92 Å². The van der Waals surface area contributed by atoms with Crippen LogP contribution in [-0.2, 0) is 26.8 Å². The molecule has 0 aliphatic heterocycles. The molecule has 0 radical (unpaired) electrons. The van der Waals surface area contributed by atoms with Gasteiger partial charge in [0.05, 0.1) is 11.3 Å². The first-order valence-corrected chi connectivity index (χ1v) is 11.5. The monoisotopic (exact) mass is 510 g/mol. The molecule has 0 atom stereocenters. The molecule has 2 aromatic carbocycles. The van der Waals surface area contributed by atoms with Crippen molar-refractivity contribution in [3.63, 3.8) is 0 Å². The summed E-state index contributed by atoms with van der Waals surface area (Å²) in [6, 6.07) is 7.93. The van der Waals surface area contributed by atoms with Crippen LogP contribution in [-0.4, -0.2) is 38.3 Å². The molecule has 13 heteroatoms. The van der Waals surface area contributed by atoms with Crippen molar-refractivity contribution in [3.8, 4) is 0 Å². The fourth-order valence-corrected chi connectivity index (χ4v) is 4.21. The fourth-order valence-electron chi connectivity index (χ4n) is 3.09. The summed E-state index contributed by atoms with van der Waals surface area (Å²) in [5.74, 6) is -0.292. The largest absolute Gasteiger partial charge is 0.430 e. The molecule has 0 aromatic heterocycles. The van der Waals surface area contributed by atoms with Gasteiger partial charge in [-0.3, -0.25) is 4.79 Å². The summed E-state index contributed by atoms with van der Waals surface area (Å²) in [6.07, 6.45) is -10.3. The lowest BCUT2D eigenvalue weighted by molar-refractivity contribution is -0.376. The topological polar surface area (TPSA) is 95.5 Å². The molecular weight excluding hydrogens is 490 g/mol. The molecule has 3 N–H and O–H groups in total. The van der Waals surface area contributed by atoms with Crippen LogP contribution < -0.4 is 10.0 Å². The van der Waals surface area contributed by atoms with Crippen molar-refractivity contribution in [3.05, 3.63) is 59.7 Å². The summed E-state index contributed by atoms with van der Waals surface area (Å²) in [4.78, 5) is 12.2. The van der Waals surface area contributed by atoms with Gasteiger partial charge in [0.1, 0.15) is 0 Å². The number of carbonyl (C=O) groups is 1. The normalized spacial score (nSPS) is 15.3. The van der Waals surface area contributed by atoms with Gasteiger partial charge in [-0.25, -0.2) is 13.1 Å². The highest BCUT2D eigenvalue weighted by molar-refractivity contribution is 7.89. The maximum Gasteiger partial charge on any atom is 0.430 e. The number of aliphatic hydroxyl groups is 1. The Hall–Kier alpha value is -2.64. The van der Waals surface area contributed by atoms with Crippen molar-refractivity contribution in [1.82, 2.24) is 4.72 Å². The first kappa shape index (κ1) is 26.0. The van der Waals surface area contributed by atoms with Crippen molar-refractivity contribution in [2.75, 3.05) is 11.9 Å². The predicted molar refractivity (Wildman–Crippen MR) is 109 cm³/mol. The number of alkyl halides is 6. The number of carbonyl (C=O) groups excluding carboxylic acids is 1. The molecule has 1 saturated carbocycles. The summed E-state index contributed by atoms with van der Waals surface area (Å²) in [7, 11) is -3.68. The number of hydrogen-bond acceptors (Lipinski definition) is 4. The molecule has 1 fully saturated rings. The van der Waals surface area contributed by atoms with Gasteiger partial charge >= 0.3 is 12.4 Å². The van der Waals surface area contributed by atoms with E-state index >= 15 is 0 Å². The number of sulfonamides is 1. The van der Waals surface area contributed by atoms with Gasteiger partial charge in [-0.05, 0) is 48.6 Å². The SMILES string of the molecule is O=C(Cc1ccc(S(=O)(=O)NCC2CC2)cc1)Nc1ccc(C(O)(C(F)(F)F)C(F)(F)F)cc1. The van der Waals surface area contributed by atoms with Crippen molar-refractivity contribution >= 4 is 21.6 Å². The zero-order valence-electron chi connectivity index (χ0n) is 17.4. The van der Waals surface area contributed by atoms with Crippen molar-refractivity contribution < 1.29 is 44.7 Å². The van der Waals surface area contributed by atoms with Crippen LogP contribution in [0.15, 0.2) is 53.4 Å². The third-order valence-electron chi connectivity index (χ3n) is 5.26. The van der Waals surface area contributed by atoms with Gasteiger partial charge in [-0.1, -0.05) is 24.3 Å². The first-order chi connectivity index (χ1) is 15.6. The maximum absolute atomic E-state index is 12.9. The zero-order chi connectivity index (χ0) is 25.4. The van der Waals surface area contributed by atoms with E-state index in [9.17, 15) is 44.7 Å². The molecule has 2 aromatic rings. The van der Waals surface area contributed by atoms with E-state index in [0.29, 0.717) is 30.2 Å². The summed E-state index contributed by atoms with van der Waals surface area (Å²) in [6.45, 7) is 0.356. The van der Waals surface area contributed by atoms with Crippen LogP contribution in [0.5, 0.6) is 0 Å². The van der Waals surface area contributed by atoms with Gasteiger partial charge in [-0.15, -0.1) is 0 Å². The minimum absolute atomic E-state index is 0.0229. The minimum atomic E-state index is -6.01. The van der Waals surface area contributed by atoms with Crippen molar-refractivity contribution in [2.24, 2.45) is 5.92 Å². The Morgan fingerprint density at radius 2 is 1.44 bits per heavy atom. The highest BCUT2D eigenvalue weighted by Gasteiger charge is 2.71. The van der Waals surface area contributed by atoms with Gasteiger partial charge < -0.3 is 10.4 Å². The second-order valence-electron chi connectivity index (χ2n) is 7.95. The molecule has 34 heavy (non-hydrogen) atoms. The fraction of sp³-hybridized carbons (Fsp3) is 0.381. The number of benzene rings is 2. The second-order valence-corrected chi connectivity index (χ2v) is 9.71. The quantitative estimate of drug-likeness (QED) is 0.470. The van der Waals surface area contributed by atoms with Crippen LogP contribution in [0.3, 0.4) is 0 Å². The standard InChI is InChI=1S/C21H20F6N2O4S/c22-20(23,24)19(31,21(25,26)27)15-5-7-16(8-6-15)29-18(30)11-13-3-9-17(10-4-13)34(32,33)28-12-14-1-2-14/h3-10,14,28,31H,1-2,11-12H2,(H,29,30). The van der Waals surface area contributed by atoms with E-state index in [1.54, 1.807) is 0 Å². The first-order valence-electron chi connectivity index (χ1n) is 9.98. The number of halogens is 6. The van der Waals surface area contributed by atoms with Crippen LogP contribution in [0.4, 0.5) is 32.0 Å². The number of rotatable bonds is 8. The lowest BCUT2D eigenvalue weighted by Crippen LogP contribution is -2.53. The summed E-state index contributed by atoms with van der Waals surface area (Å²) in [5.41, 5.74) is -6.17. The Balaban J connectivity index is 1.64. The molecule has 186 valence electrons. The Morgan fingerprint density at radius 1 is 0.912 bits per heavy atom. The molecule has 0 unspecified atom stereocenters. The van der Waals surface area contributed by atoms with Gasteiger partial charge in [0.2, 0.25) is 15.9 Å². The van der Waals surface area contributed by atoms with E-state index in [0.717, 1.165) is 25.0 Å². The van der Waals surface area contributed by atoms with Crippen molar-refractivity contribution in [1.29, 1.82) is 0 Å². The van der Waals surface area contributed by atoms with Gasteiger partial charge in [0.15, 0.2) is 0 Å². The van der Waals surface area contributed by atoms with Gasteiger partial charge in [-0.2, -0.15) is 26.3 Å². The molecule has 0 bridgehead atoms. The maximum atomic E-state index is 12.9. The molecule has 1 aliphatic carbocycles. The smallest absolute Gasteiger partial charge is 0.369 e. The number of anilines is 1. The average molecular weight is 510 g/mol. The summed E-state index contributed by atoms with van der Waals surface area (Å²) < 4.78 is 105. The molecule has 1 aliphatic rings. The van der Waals surface area contributed by atoms with E-state index in [2.05, 4.69) is 10.0 Å². The molecule has 6 nitrogen and oxygen atoms in total. The Morgan fingerprint density at radius 3 is 1.91 bits per heavy atom. The number of nitrogens with one attached hydrogen (secondary N) is 2. The van der Waals surface area contributed by atoms with E-state index < -0.39 is 39.4 Å². The highest BCUT2D eigenvalue weighted by atomic mass is 32.2. The zero-order valence-corrected chi connectivity index (χ0v) is 18.2. The van der Waals surface area contributed by atoms with Crippen LogP contribution in [0.1, 0.15) is 24.0 Å². The third-order valence-corrected chi connectivity index (χ3v) is 6.70. The lowest BCUT2D eigenvalue weighted by atomic mass is 9.92. The third kappa shape index (κ3) is 5.70. The molecule has 1 amide bonds. The number of hydrogen-bond donors (Lipinski definition) is 3. The second kappa shape index (κ2) is 9.19. The van der Waals surface area contributed by atoms with E-state index in [4.69, 9.17) is 0 Å². The van der Waals surface area contributed by atoms with Gasteiger partial charge in [0, 0.05) is 17.8 Å². The summed E-state index contributed by atoms with van der Waals surface area (Å²) in [5, 5.41) is 11.7. The Labute approximate surface area is 191 Å². The molecule has 0 saturated heterocycles. The number of amides is 1.